The quantitative estimate of drug-likeness (QED) is 0.673. The van der Waals surface area contributed by atoms with Gasteiger partial charge in [0.1, 0.15) is 5.60 Å². The van der Waals surface area contributed by atoms with Crippen molar-refractivity contribution in [2.24, 2.45) is 5.41 Å². The molecule has 1 amide bonds. The monoisotopic (exact) mass is 378 g/mol. The lowest BCUT2D eigenvalue weighted by molar-refractivity contribution is -0.156. The van der Waals surface area contributed by atoms with E-state index in [0.717, 1.165) is 4.31 Å². The van der Waals surface area contributed by atoms with E-state index < -0.39 is 33.1 Å². The Morgan fingerprint density at radius 1 is 1.16 bits per heavy atom. The molecule has 0 saturated carbocycles. The van der Waals surface area contributed by atoms with Crippen LogP contribution < -0.4 is 0 Å². The van der Waals surface area contributed by atoms with E-state index >= 15 is 0 Å². The van der Waals surface area contributed by atoms with Gasteiger partial charge in [-0.15, -0.1) is 0 Å². The molecule has 1 fully saturated rings. The lowest BCUT2D eigenvalue weighted by Gasteiger charge is -2.40. The van der Waals surface area contributed by atoms with Gasteiger partial charge in [-0.05, 0) is 40.5 Å². The molecule has 1 aliphatic heterocycles. The minimum absolute atomic E-state index is 0.179. The molecule has 0 N–H and O–H groups in total. The maximum atomic E-state index is 12.5. The number of esters is 1. The molecule has 9 heteroatoms. The summed E-state index contributed by atoms with van der Waals surface area (Å²) in [4.78, 5) is 26.2. The number of hydrogen-bond donors (Lipinski definition) is 0. The van der Waals surface area contributed by atoms with E-state index in [1.54, 1.807) is 27.7 Å². The van der Waals surface area contributed by atoms with Gasteiger partial charge in [0, 0.05) is 27.2 Å². The zero-order chi connectivity index (χ0) is 19.5. The number of nitrogens with zero attached hydrogens (tertiary/aromatic N) is 2. The Morgan fingerprint density at radius 2 is 1.68 bits per heavy atom. The summed E-state index contributed by atoms with van der Waals surface area (Å²) in [5.41, 5.74) is -1.75. The Balaban J connectivity index is 2.93. The highest BCUT2D eigenvalue weighted by Crippen LogP contribution is 2.35. The van der Waals surface area contributed by atoms with Crippen molar-refractivity contribution in [2.75, 3.05) is 39.5 Å². The number of ether oxygens (including phenoxy) is 2. The van der Waals surface area contributed by atoms with E-state index in [1.807, 2.05) is 0 Å². The van der Waals surface area contributed by atoms with Gasteiger partial charge in [-0.3, -0.25) is 4.79 Å². The molecule has 0 radical (unpaired) electrons. The Labute approximate surface area is 150 Å². The van der Waals surface area contributed by atoms with E-state index in [1.165, 1.54) is 19.0 Å². The van der Waals surface area contributed by atoms with Crippen LogP contribution in [0.4, 0.5) is 4.79 Å². The fraction of sp³-hybridized carbons (Fsp3) is 0.875. The van der Waals surface area contributed by atoms with Gasteiger partial charge in [-0.25, -0.2) is 17.5 Å². The Morgan fingerprint density at radius 3 is 2.08 bits per heavy atom. The summed E-state index contributed by atoms with van der Waals surface area (Å²) in [6, 6.07) is 0. The van der Waals surface area contributed by atoms with Crippen molar-refractivity contribution >= 4 is 22.1 Å². The molecule has 25 heavy (non-hydrogen) atoms. The maximum Gasteiger partial charge on any atom is 0.410 e. The third kappa shape index (κ3) is 5.85. The second-order valence-electron chi connectivity index (χ2n) is 7.51. The molecule has 8 nitrogen and oxygen atoms in total. The predicted octanol–water partition coefficient (Wildman–Crippen LogP) is 1.46. The summed E-state index contributed by atoms with van der Waals surface area (Å²) >= 11 is 0. The van der Waals surface area contributed by atoms with E-state index in [0.29, 0.717) is 0 Å². The van der Waals surface area contributed by atoms with Crippen LogP contribution in [0, 0.1) is 5.41 Å². The average molecular weight is 378 g/mol. The van der Waals surface area contributed by atoms with Gasteiger partial charge in [0.2, 0.25) is 10.0 Å². The maximum absolute atomic E-state index is 12.5. The third-order valence-corrected chi connectivity index (χ3v) is 6.13. The standard InChI is InChI=1S/C16H30N2O6S/c1-7-23-13(19)16(12-25(21,22)17(5)6)8-10-18(11-9-16)14(20)24-15(2,3)4/h7-12H2,1-6H3. The first-order valence-corrected chi connectivity index (χ1v) is 9.99. The average Bonchev–Trinajstić information content (AvgIpc) is 2.45. The van der Waals surface area contributed by atoms with Crippen molar-refractivity contribution < 1.29 is 27.5 Å². The molecular weight excluding hydrogens is 348 g/mol. The smallest absolute Gasteiger partial charge is 0.410 e. The van der Waals surface area contributed by atoms with Gasteiger partial charge < -0.3 is 14.4 Å². The summed E-state index contributed by atoms with van der Waals surface area (Å²) in [6.07, 6.45) is -0.0172. The zero-order valence-electron chi connectivity index (χ0n) is 16.0. The van der Waals surface area contributed by atoms with Gasteiger partial charge in [0.05, 0.1) is 17.8 Å². The molecule has 1 rings (SSSR count). The number of amides is 1. The fourth-order valence-electron chi connectivity index (χ4n) is 2.61. The molecule has 1 aliphatic rings. The van der Waals surface area contributed by atoms with Crippen LogP contribution in [0.5, 0.6) is 0 Å². The molecule has 0 atom stereocenters. The molecule has 0 unspecified atom stereocenters. The molecule has 146 valence electrons. The highest BCUT2D eigenvalue weighted by atomic mass is 32.2. The van der Waals surface area contributed by atoms with Crippen LogP contribution in [0.2, 0.25) is 0 Å². The number of sulfonamides is 1. The SMILES string of the molecule is CCOC(=O)C1(CS(=O)(=O)N(C)C)CCN(C(=O)OC(C)(C)C)CC1. The first-order chi connectivity index (χ1) is 11.3. The molecule has 0 aromatic carbocycles. The zero-order valence-corrected chi connectivity index (χ0v) is 16.8. The summed E-state index contributed by atoms with van der Waals surface area (Å²) in [5, 5.41) is 0. The lowest BCUT2D eigenvalue weighted by Crippen LogP contribution is -2.52. The number of hydrogen-bond acceptors (Lipinski definition) is 6. The van der Waals surface area contributed by atoms with Crippen molar-refractivity contribution in [3.63, 3.8) is 0 Å². The second kappa shape index (κ2) is 7.90. The van der Waals surface area contributed by atoms with Crippen LogP contribution in [-0.4, -0.2) is 74.8 Å². The van der Waals surface area contributed by atoms with Crippen LogP contribution in [0.3, 0.4) is 0 Å². The molecule has 1 saturated heterocycles. The largest absolute Gasteiger partial charge is 0.466 e. The lowest BCUT2D eigenvalue weighted by atomic mass is 9.80. The van der Waals surface area contributed by atoms with E-state index in [9.17, 15) is 18.0 Å². The number of carbonyl (C=O) groups excluding carboxylic acids is 2. The summed E-state index contributed by atoms with van der Waals surface area (Å²) in [7, 11) is -0.719. The van der Waals surface area contributed by atoms with Crippen molar-refractivity contribution in [3.8, 4) is 0 Å². The van der Waals surface area contributed by atoms with Gasteiger partial charge in [-0.2, -0.15) is 0 Å². The van der Waals surface area contributed by atoms with E-state index in [2.05, 4.69) is 0 Å². The van der Waals surface area contributed by atoms with Crippen LogP contribution in [0.25, 0.3) is 0 Å². The summed E-state index contributed by atoms with van der Waals surface area (Å²) in [6.45, 7) is 7.69. The number of piperidine rings is 1. The summed E-state index contributed by atoms with van der Waals surface area (Å²) < 4.78 is 36.2. The normalized spacial score (nSPS) is 18.1. The number of rotatable bonds is 5. The Kier molecular flexibility index (Phi) is 6.86. The highest BCUT2D eigenvalue weighted by Gasteiger charge is 2.47. The highest BCUT2D eigenvalue weighted by molar-refractivity contribution is 7.89. The molecule has 1 heterocycles. The predicted molar refractivity (Wildman–Crippen MR) is 93.6 cm³/mol. The third-order valence-electron chi connectivity index (χ3n) is 4.10. The molecule has 0 bridgehead atoms. The first kappa shape index (κ1) is 21.7. The van der Waals surface area contributed by atoms with Gasteiger partial charge in [-0.1, -0.05) is 0 Å². The minimum atomic E-state index is -3.59. The van der Waals surface area contributed by atoms with Crippen LogP contribution in [0.15, 0.2) is 0 Å². The first-order valence-electron chi connectivity index (χ1n) is 8.38. The van der Waals surface area contributed by atoms with Crippen LogP contribution in [0.1, 0.15) is 40.5 Å². The van der Waals surface area contributed by atoms with Gasteiger partial charge in [0.15, 0.2) is 0 Å². The molecule has 0 aromatic rings. The van der Waals surface area contributed by atoms with Gasteiger partial charge in [0.25, 0.3) is 0 Å². The Bertz CT molecular complexity index is 586. The van der Waals surface area contributed by atoms with Gasteiger partial charge >= 0.3 is 12.1 Å². The van der Waals surface area contributed by atoms with Crippen molar-refractivity contribution in [1.82, 2.24) is 9.21 Å². The second-order valence-corrected chi connectivity index (χ2v) is 9.69. The van der Waals surface area contributed by atoms with Crippen LogP contribution in [-0.2, 0) is 24.3 Å². The number of likely N-dealkylation sites (tertiary alicyclic amines) is 1. The van der Waals surface area contributed by atoms with Crippen molar-refractivity contribution in [1.29, 1.82) is 0 Å². The molecular formula is C16H30N2O6S. The van der Waals surface area contributed by atoms with Crippen molar-refractivity contribution in [2.45, 2.75) is 46.1 Å². The molecule has 0 aliphatic carbocycles. The summed E-state index contributed by atoms with van der Waals surface area (Å²) in [5.74, 6) is -0.849. The Hall–Kier alpha value is -1.35. The van der Waals surface area contributed by atoms with E-state index in [-0.39, 0.29) is 38.3 Å². The van der Waals surface area contributed by atoms with Crippen molar-refractivity contribution in [3.05, 3.63) is 0 Å². The minimum Gasteiger partial charge on any atom is -0.466 e. The van der Waals surface area contributed by atoms with E-state index in [4.69, 9.17) is 9.47 Å². The molecule has 0 aromatic heterocycles. The van der Waals surface area contributed by atoms with Crippen LogP contribution >= 0.6 is 0 Å². The molecule has 0 spiro atoms. The number of carbonyl (C=O) groups is 2. The topological polar surface area (TPSA) is 93.2 Å². The fourth-order valence-corrected chi connectivity index (χ4v) is 3.98.